The third-order valence-electron chi connectivity index (χ3n) is 3.54. The summed E-state index contributed by atoms with van der Waals surface area (Å²) < 4.78 is 0. The fraction of sp³-hybridized carbons (Fsp3) is 0.467. The van der Waals surface area contributed by atoms with Crippen molar-refractivity contribution in [2.24, 2.45) is 5.92 Å². The first-order valence-corrected chi connectivity index (χ1v) is 7.57. The van der Waals surface area contributed by atoms with Gasteiger partial charge in [0.25, 0.3) is 5.91 Å². The zero-order valence-corrected chi connectivity index (χ0v) is 12.6. The Kier molecular flexibility index (Phi) is 6.02. The molecule has 0 spiro atoms. The Morgan fingerprint density at radius 1 is 1.14 bits per heavy atom. The molecule has 1 aliphatic rings. The maximum atomic E-state index is 11.9. The van der Waals surface area contributed by atoms with Gasteiger partial charge in [-0.15, -0.1) is 0 Å². The molecular weight excluding hydrogens is 290 g/mol. The molecule has 3 N–H and O–H groups in total. The fourth-order valence-corrected chi connectivity index (χ4v) is 2.55. The second-order valence-corrected chi connectivity index (χ2v) is 5.46. The molecule has 1 saturated heterocycles. The second kappa shape index (κ2) is 8.00. The van der Waals surface area contributed by atoms with Gasteiger partial charge < -0.3 is 16.0 Å². The lowest BCUT2D eigenvalue weighted by Crippen LogP contribution is -2.41. The number of hydrogen-bond donors (Lipinski definition) is 3. The van der Waals surface area contributed by atoms with Crippen LogP contribution in [0.2, 0.25) is 5.02 Å². The number of benzene rings is 1. The van der Waals surface area contributed by atoms with E-state index < -0.39 is 0 Å². The smallest absolute Gasteiger partial charge is 0.252 e. The molecule has 1 aliphatic heterocycles. The van der Waals surface area contributed by atoms with E-state index in [1.54, 1.807) is 24.3 Å². The summed E-state index contributed by atoms with van der Waals surface area (Å²) in [6, 6.07) is 6.89. The van der Waals surface area contributed by atoms with Crippen molar-refractivity contribution in [2.75, 3.05) is 26.2 Å². The molecule has 0 atom stereocenters. The Morgan fingerprint density at radius 3 is 2.52 bits per heavy atom. The molecule has 5 nitrogen and oxygen atoms in total. The molecule has 0 saturated carbocycles. The predicted molar refractivity (Wildman–Crippen MR) is 82.4 cm³/mol. The molecule has 0 unspecified atom stereocenters. The van der Waals surface area contributed by atoms with Gasteiger partial charge in [-0.05, 0) is 38.1 Å². The summed E-state index contributed by atoms with van der Waals surface area (Å²) in [5.41, 5.74) is 0.448. The van der Waals surface area contributed by atoms with Crippen LogP contribution in [-0.4, -0.2) is 38.0 Å². The van der Waals surface area contributed by atoms with Crippen LogP contribution in [-0.2, 0) is 4.79 Å². The van der Waals surface area contributed by atoms with E-state index in [2.05, 4.69) is 16.0 Å². The van der Waals surface area contributed by atoms with E-state index in [9.17, 15) is 9.59 Å². The normalized spacial score (nSPS) is 15.5. The highest BCUT2D eigenvalue weighted by atomic mass is 35.5. The van der Waals surface area contributed by atoms with Crippen molar-refractivity contribution in [3.8, 4) is 0 Å². The van der Waals surface area contributed by atoms with Crippen LogP contribution in [0.15, 0.2) is 24.3 Å². The molecule has 2 rings (SSSR count). The van der Waals surface area contributed by atoms with Crippen molar-refractivity contribution >= 4 is 23.4 Å². The van der Waals surface area contributed by atoms with E-state index in [1.807, 2.05) is 0 Å². The van der Waals surface area contributed by atoms with Crippen LogP contribution < -0.4 is 16.0 Å². The Balaban J connectivity index is 1.68. The zero-order chi connectivity index (χ0) is 15.1. The van der Waals surface area contributed by atoms with Crippen LogP contribution in [0.25, 0.3) is 0 Å². The van der Waals surface area contributed by atoms with E-state index >= 15 is 0 Å². The number of hydrogen-bond acceptors (Lipinski definition) is 3. The molecule has 0 aliphatic carbocycles. The summed E-state index contributed by atoms with van der Waals surface area (Å²) in [5.74, 6) is -0.0641. The Labute approximate surface area is 129 Å². The number of rotatable bonds is 5. The molecule has 1 aromatic rings. The van der Waals surface area contributed by atoms with Gasteiger partial charge in [-0.3, -0.25) is 9.59 Å². The quantitative estimate of drug-likeness (QED) is 0.716. The summed E-state index contributed by atoms with van der Waals surface area (Å²) in [6.07, 6.45) is 1.75. The van der Waals surface area contributed by atoms with Crippen LogP contribution in [0.4, 0.5) is 0 Å². The van der Waals surface area contributed by atoms with Gasteiger partial charge in [-0.25, -0.2) is 0 Å². The van der Waals surface area contributed by atoms with Gasteiger partial charge >= 0.3 is 0 Å². The molecule has 1 aromatic carbocycles. The average Bonchev–Trinajstić information content (AvgIpc) is 2.52. The van der Waals surface area contributed by atoms with Gasteiger partial charge in [0.1, 0.15) is 0 Å². The molecule has 1 fully saturated rings. The van der Waals surface area contributed by atoms with Crippen LogP contribution in [0.1, 0.15) is 23.2 Å². The topological polar surface area (TPSA) is 70.2 Å². The molecule has 114 valence electrons. The first-order valence-electron chi connectivity index (χ1n) is 7.19. The van der Waals surface area contributed by atoms with Crippen molar-refractivity contribution in [3.63, 3.8) is 0 Å². The number of amides is 2. The molecule has 0 radical (unpaired) electrons. The monoisotopic (exact) mass is 309 g/mol. The molecule has 2 amide bonds. The van der Waals surface area contributed by atoms with E-state index in [1.165, 1.54) is 0 Å². The minimum Gasteiger partial charge on any atom is -0.354 e. The number of carbonyl (C=O) groups is 2. The highest BCUT2D eigenvalue weighted by Crippen LogP contribution is 2.14. The zero-order valence-electron chi connectivity index (χ0n) is 11.8. The van der Waals surface area contributed by atoms with E-state index in [0.29, 0.717) is 23.7 Å². The first-order chi connectivity index (χ1) is 10.2. The lowest BCUT2D eigenvalue weighted by Gasteiger charge is -2.21. The van der Waals surface area contributed by atoms with Gasteiger partial charge in [0.2, 0.25) is 5.91 Å². The number of halogens is 1. The Morgan fingerprint density at radius 2 is 1.81 bits per heavy atom. The van der Waals surface area contributed by atoms with Gasteiger partial charge in [0, 0.05) is 19.0 Å². The molecule has 0 aromatic heterocycles. The first kappa shape index (κ1) is 15.8. The summed E-state index contributed by atoms with van der Waals surface area (Å²) >= 11 is 5.95. The number of carbonyl (C=O) groups excluding carboxylic acids is 2. The van der Waals surface area contributed by atoms with E-state index in [-0.39, 0.29) is 17.7 Å². The van der Waals surface area contributed by atoms with Gasteiger partial charge in [-0.2, -0.15) is 0 Å². The Bertz CT molecular complexity index is 501. The van der Waals surface area contributed by atoms with Crippen molar-refractivity contribution in [1.82, 2.24) is 16.0 Å². The van der Waals surface area contributed by atoms with Crippen LogP contribution in [0, 0.1) is 5.92 Å². The Hall–Kier alpha value is -1.59. The molecule has 21 heavy (non-hydrogen) atoms. The summed E-state index contributed by atoms with van der Waals surface area (Å²) in [5, 5.41) is 9.26. The predicted octanol–water partition coefficient (Wildman–Crippen LogP) is 1.19. The third kappa shape index (κ3) is 4.72. The minimum atomic E-state index is -0.225. The largest absolute Gasteiger partial charge is 0.354 e. The second-order valence-electron chi connectivity index (χ2n) is 5.05. The number of nitrogens with one attached hydrogen (secondary N) is 3. The highest BCUT2D eigenvalue weighted by Gasteiger charge is 2.20. The van der Waals surface area contributed by atoms with Gasteiger partial charge in [-0.1, -0.05) is 23.7 Å². The van der Waals surface area contributed by atoms with Gasteiger partial charge in [0.05, 0.1) is 10.6 Å². The van der Waals surface area contributed by atoms with Crippen molar-refractivity contribution in [2.45, 2.75) is 12.8 Å². The van der Waals surface area contributed by atoms with Gasteiger partial charge in [0.15, 0.2) is 0 Å². The lowest BCUT2D eigenvalue weighted by molar-refractivity contribution is -0.125. The minimum absolute atomic E-state index is 0.0727. The van der Waals surface area contributed by atoms with Crippen LogP contribution in [0.5, 0.6) is 0 Å². The van der Waals surface area contributed by atoms with Crippen LogP contribution in [0.3, 0.4) is 0 Å². The lowest BCUT2D eigenvalue weighted by atomic mass is 9.97. The summed E-state index contributed by atoms with van der Waals surface area (Å²) in [7, 11) is 0. The third-order valence-corrected chi connectivity index (χ3v) is 3.87. The summed E-state index contributed by atoms with van der Waals surface area (Å²) in [6.45, 7) is 2.60. The van der Waals surface area contributed by atoms with E-state index in [4.69, 9.17) is 11.6 Å². The SMILES string of the molecule is O=C(NCCNC(=O)C1CCNCC1)c1ccccc1Cl. The molecular formula is C15H20ClN3O2. The highest BCUT2D eigenvalue weighted by molar-refractivity contribution is 6.33. The maximum absolute atomic E-state index is 11.9. The summed E-state index contributed by atoms with van der Waals surface area (Å²) in [4.78, 5) is 23.8. The van der Waals surface area contributed by atoms with Crippen molar-refractivity contribution in [3.05, 3.63) is 34.9 Å². The maximum Gasteiger partial charge on any atom is 0.252 e. The average molecular weight is 310 g/mol. The molecule has 1 heterocycles. The molecule has 0 bridgehead atoms. The molecule has 6 heteroatoms. The van der Waals surface area contributed by atoms with E-state index in [0.717, 1.165) is 25.9 Å². The van der Waals surface area contributed by atoms with Crippen molar-refractivity contribution in [1.29, 1.82) is 0 Å². The van der Waals surface area contributed by atoms with Crippen LogP contribution >= 0.6 is 11.6 Å². The van der Waals surface area contributed by atoms with Crippen molar-refractivity contribution < 1.29 is 9.59 Å². The fourth-order valence-electron chi connectivity index (χ4n) is 2.33. The number of piperidine rings is 1. The standard InChI is InChI=1S/C15H20ClN3O2/c16-13-4-2-1-3-12(13)15(21)19-10-9-18-14(20)11-5-7-17-8-6-11/h1-4,11,17H,5-10H2,(H,18,20)(H,19,21).